The van der Waals surface area contributed by atoms with Crippen molar-refractivity contribution in [3.8, 4) is 11.5 Å². The van der Waals surface area contributed by atoms with Crippen molar-refractivity contribution in [1.29, 1.82) is 0 Å². The fourth-order valence-electron chi connectivity index (χ4n) is 1.99. The topological polar surface area (TPSA) is 30.5 Å². The van der Waals surface area contributed by atoms with Crippen LogP contribution in [0.1, 0.15) is 19.8 Å². The standard InChI is InChI=1S/C15H23NO2S/c1-3-17-13-6-4-5-7-14(13)18-11-10-16-12-15(19-2)8-9-15/h4-7,16H,3,8-12H2,1-2H3. The van der Waals surface area contributed by atoms with Crippen LogP contribution in [0.4, 0.5) is 0 Å². The molecule has 1 saturated carbocycles. The zero-order valence-electron chi connectivity index (χ0n) is 11.8. The first-order valence-corrected chi connectivity index (χ1v) is 8.12. The molecular formula is C15H23NO2S. The first kappa shape index (κ1) is 14.5. The molecule has 3 nitrogen and oxygen atoms in total. The van der Waals surface area contributed by atoms with Crippen LogP contribution in [0.25, 0.3) is 0 Å². The van der Waals surface area contributed by atoms with Gasteiger partial charge >= 0.3 is 0 Å². The lowest BCUT2D eigenvalue weighted by Gasteiger charge is -2.14. The molecule has 1 N–H and O–H groups in total. The highest BCUT2D eigenvalue weighted by Crippen LogP contribution is 2.46. The largest absolute Gasteiger partial charge is 0.490 e. The molecule has 0 radical (unpaired) electrons. The summed E-state index contributed by atoms with van der Waals surface area (Å²) < 4.78 is 11.8. The van der Waals surface area contributed by atoms with Gasteiger partial charge in [0.25, 0.3) is 0 Å². The van der Waals surface area contributed by atoms with Crippen LogP contribution in [0, 0.1) is 0 Å². The number of rotatable bonds is 9. The number of hydrogen-bond donors (Lipinski definition) is 1. The normalized spacial score (nSPS) is 16.1. The molecule has 0 spiro atoms. The molecule has 1 aromatic carbocycles. The van der Waals surface area contributed by atoms with Crippen molar-refractivity contribution in [3.63, 3.8) is 0 Å². The van der Waals surface area contributed by atoms with Crippen LogP contribution in [0.2, 0.25) is 0 Å². The molecule has 0 bridgehead atoms. The molecule has 0 unspecified atom stereocenters. The lowest BCUT2D eigenvalue weighted by Crippen LogP contribution is -2.29. The van der Waals surface area contributed by atoms with Gasteiger partial charge in [0.15, 0.2) is 11.5 Å². The lowest BCUT2D eigenvalue weighted by molar-refractivity contribution is 0.276. The molecule has 0 saturated heterocycles. The zero-order chi connectivity index (χ0) is 13.6. The Hall–Kier alpha value is -0.870. The third-order valence-electron chi connectivity index (χ3n) is 3.37. The van der Waals surface area contributed by atoms with Crippen molar-refractivity contribution < 1.29 is 9.47 Å². The van der Waals surface area contributed by atoms with Crippen molar-refractivity contribution in [2.75, 3.05) is 32.6 Å². The second-order valence-corrected chi connectivity index (χ2v) is 6.07. The minimum absolute atomic E-state index is 0.517. The van der Waals surface area contributed by atoms with Crippen LogP contribution in [0.5, 0.6) is 11.5 Å². The summed E-state index contributed by atoms with van der Waals surface area (Å²) in [6.07, 6.45) is 4.88. The number of para-hydroxylation sites is 2. The summed E-state index contributed by atoms with van der Waals surface area (Å²) >= 11 is 1.98. The van der Waals surface area contributed by atoms with Gasteiger partial charge in [0.2, 0.25) is 0 Å². The van der Waals surface area contributed by atoms with E-state index in [4.69, 9.17) is 9.47 Å². The Kier molecular flexibility index (Phi) is 5.40. The minimum Gasteiger partial charge on any atom is -0.490 e. The Morgan fingerprint density at radius 1 is 1.21 bits per heavy atom. The fraction of sp³-hybridized carbons (Fsp3) is 0.600. The molecule has 0 atom stereocenters. The summed E-state index contributed by atoms with van der Waals surface area (Å²) in [5, 5.41) is 3.47. The van der Waals surface area contributed by atoms with Gasteiger partial charge in [-0.2, -0.15) is 11.8 Å². The lowest BCUT2D eigenvalue weighted by atomic mass is 10.3. The molecule has 1 aliphatic rings. The quantitative estimate of drug-likeness (QED) is 0.705. The second-order valence-electron chi connectivity index (χ2n) is 4.79. The van der Waals surface area contributed by atoms with Crippen molar-refractivity contribution in [2.45, 2.75) is 24.5 Å². The van der Waals surface area contributed by atoms with Gasteiger partial charge in [-0.3, -0.25) is 0 Å². The molecule has 0 aromatic heterocycles. The number of ether oxygens (including phenoxy) is 2. The van der Waals surface area contributed by atoms with Gasteiger partial charge in [-0.25, -0.2) is 0 Å². The Labute approximate surface area is 120 Å². The van der Waals surface area contributed by atoms with E-state index >= 15 is 0 Å². The van der Waals surface area contributed by atoms with Gasteiger partial charge in [0.05, 0.1) is 6.61 Å². The van der Waals surface area contributed by atoms with Crippen LogP contribution in [-0.4, -0.2) is 37.3 Å². The van der Waals surface area contributed by atoms with Gasteiger partial charge in [-0.05, 0) is 38.2 Å². The maximum Gasteiger partial charge on any atom is 0.161 e. The predicted octanol–water partition coefficient (Wildman–Crippen LogP) is 2.95. The van der Waals surface area contributed by atoms with E-state index in [9.17, 15) is 0 Å². The molecule has 0 aliphatic heterocycles. The van der Waals surface area contributed by atoms with E-state index < -0.39 is 0 Å². The van der Waals surface area contributed by atoms with Crippen LogP contribution in [0.3, 0.4) is 0 Å². The Bertz CT molecular complexity index is 393. The summed E-state index contributed by atoms with van der Waals surface area (Å²) in [5.74, 6) is 1.66. The number of hydrogen-bond acceptors (Lipinski definition) is 4. The van der Waals surface area contributed by atoms with Crippen LogP contribution in [0.15, 0.2) is 24.3 Å². The second kappa shape index (κ2) is 7.06. The molecule has 1 aliphatic carbocycles. The van der Waals surface area contributed by atoms with Crippen LogP contribution < -0.4 is 14.8 Å². The number of benzene rings is 1. The van der Waals surface area contributed by atoms with Crippen molar-refractivity contribution in [3.05, 3.63) is 24.3 Å². The minimum atomic E-state index is 0.517. The summed E-state index contributed by atoms with van der Waals surface area (Å²) in [6, 6.07) is 7.83. The molecule has 2 rings (SSSR count). The summed E-state index contributed by atoms with van der Waals surface area (Å²) in [7, 11) is 0. The molecule has 1 aromatic rings. The van der Waals surface area contributed by atoms with Gasteiger partial charge in [-0.1, -0.05) is 12.1 Å². The molecule has 4 heteroatoms. The zero-order valence-corrected chi connectivity index (χ0v) is 12.6. The van der Waals surface area contributed by atoms with Crippen molar-refractivity contribution in [1.82, 2.24) is 5.32 Å². The summed E-state index contributed by atoms with van der Waals surface area (Å²) in [6.45, 7) is 5.28. The molecular weight excluding hydrogens is 258 g/mol. The SMILES string of the molecule is CCOc1ccccc1OCCNCC1(SC)CC1. The van der Waals surface area contributed by atoms with Gasteiger partial charge in [0.1, 0.15) is 6.61 Å². The van der Waals surface area contributed by atoms with Gasteiger partial charge < -0.3 is 14.8 Å². The molecule has 0 amide bonds. The monoisotopic (exact) mass is 281 g/mol. The van der Waals surface area contributed by atoms with E-state index in [1.807, 2.05) is 43.0 Å². The van der Waals surface area contributed by atoms with Gasteiger partial charge in [0, 0.05) is 17.8 Å². The summed E-state index contributed by atoms with van der Waals surface area (Å²) in [5.41, 5.74) is 0. The fourth-order valence-corrected chi connectivity index (χ4v) is 2.74. The maximum atomic E-state index is 5.76. The number of thioether (sulfide) groups is 1. The van der Waals surface area contributed by atoms with E-state index in [0.29, 0.717) is 18.0 Å². The Balaban J connectivity index is 1.68. The molecule has 0 heterocycles. The highest BCUT2D eigenvalue weighted by Gasteiger charge is 2.41. The highest BCUT2D eigenvalue weighted by molar-refractivity contribution is 8.00. The third kappa shape index (κ3) is 4.32. The van der Waals surface area contributed by atoms with Crippen molar-refractivity contribution >= 4 is 11.8 Å². The Morgan fingerprint density at radius 2 is 1.89 bits per heavy atom. The number of nitrogens with one attached hydrogen (secondary N) is 1. The van der Waals surface area contributed by atoms with E-state index in [1.165, 1.54) is 12.8 Å². The van der Waals surface area contributed by atoms with E-state index in [1.54, 1.807) is 0 Å². The summed E-state index contributed by atoms with van der Waals surface area (Å²) in [4.78, 5) is 0. The molecule has 19 heavy (non-hydrogen) atoms. The first-order chi connectivity index (χ1) is 9.29. The van der Waals surface area contributed by atoms with Gasteiger partial charge in [-0.15, -0.1) is 0 Å². The smallest absolute Gasteiger partial charge is 0.161 e. The highest BCUT2D eigenvalue weighted by atomic mass is 32.2. The van der Waals surface area contributed by atoms with Crippen molar-refractivity contribution in [2.24, 2.45) is 0 Å². The van der Waals surface area contributed by atoms with E-state index in [0.717, 1.165) is 24.6 Å². The third-order valence-corrected chi connectivity index (χ3v) is 4.79. The Morgan fingerprint density at radius 3 is 2.47 bits per heavy atom. The van der Waals surface area contributed by atoms with E-state index in [2.05, 4.69) is 11.6 Å². The maximum absolute atomic E-state index is 5.76. The average Bonchev–Trinajstić information content (AvgIpc) is 3.21. The van der Waals surface area contributed by atoms with Crippen LogP contribution in [-0.2, 0) is 0 Å². The first-order valence-electron chi connectivity index (χ1n) is 6.90. The molecule has 106 valence electrons. The van der Waals surface area contributed by atoms with Crippen LogP contribution >= 0.6 is 11.8 Å². The predicted molar refractivity (Wildman–Crippen MR) is 81.5 cm³/mol. The van der Waals surface area contributed by atoms with E-state index in [-0.39, 0.29) is 0 Å². The molecule has 1 fully saturated rings. The average molecular weight is 281 g/mol.